The molecule has 2 heteroatoms. The first-order valence-corrected chi connectivity index (χ1v) is 5.53. The summed E-state index contributed by atoms with van der Waals surface area (Å²) in [6.45, 7) is 3.18. The molecule has 14 heavy (non-hydrogen) atoms. The minimum atomic E-state index is 0.761. The normalized spacial score (nSPS) is 24.9. The fourth-order valence-electron chi connectivity index (χ4n) is 1.93. The number of pyridine rings is 1. The number of hydrogen-bond acceptors (Lipinski definition) is 2. The second-order valence-electron chi connectivity index (χ2n) is 4.09. The third-order valence-corrected chi connectivity index (χ3v) is 2.85. The summed E-state index contributed by atoms with van der Waals surface area (Å²) in [5.41, 5.74) is 1.15. The van der Waals surface area contributed by atoms with Crippen molar-refractivity contribution in [1.29, 1.82) is 0 Å². The van der Waals surface area contributed by atoms with Crippen molar-refractivity contribution in [2.24, 2.45) is 5.92 Å². The number of rotatable bonds is 5. The largest absolute Gasteiger partial charge is 0.308 e. The van der Waals surface area contributed by atoms with Crippen LogP contribution in [0.5, 0.6) is 0 Å². The van der Waals surface area contributed by atoms with E-state index in [9.17, 15) is 0 Å². The molecule has 1 aliphatic carbocycles. The number of nitrogens with one attached hydrogen (secondary N) is 1. The Morgan fingerprint density at radius 1 is 1.50 bits per heavy atom. The molecule has 2 rings (SSSR count). The summed E-state index contributed by atoms with van der Waals surface area (Å²) >= 11 is 0. The fourth-order valence-corrected chi connectivity index (χ4v) is 1.93. The average molecular weight is 190 g/mol. The SMILES string of the molecule is CCCC1CC1NCc1ccccn1. The van der Waals surface area contributed by atoms with Gasteiger partial charge in [0.2, 0.25) is 0 Å². The van der Waals surface area contributed by atoms with Crippen LogP contribution < -0.4 is 5.32 Å². The summed E-state index contributed by atoms with van der Waals surface area (Å²) in [6.07, 6.45) is 5.90. The van der Waals surface area contributed by atoms with Gasteiger partial charge in [-0.25, -0.2) is 0 Å². The first-order valence-electron chi connectivity index (χ1n) is 5.53. The molecule has 0 bridgehead atoms. The van der Waals surface area contributed by atoms with Crippen molar-refractivity contribution in [2.45, 2.75) is 38.8 Å². The molecule has 1 aliphatic rings. The van der Waals surface area contributed by atoms with Crippen LogP contribution >= 0.6 is 0 Å². The zero-order valence-corrected chi connectivity index (χ0v) is 8.74. The standard InChI is InChI=1S/C12H18N2/c1-2-5-10-8-12(10)14-9-11-6-3-4-7-13-11/h3-4,6-7,10,12,14H,2,5,8-9H2,1H3. The maximum absolute atomic E-state index is 4.29. The molecule has 2 atom stereocenters. The van der Waals surface area contributed by atoms with Crippen LogP contribution in [-0.4, -0.2) is 11.0 Å². The second-order valence-corrected chi connectivity index (χ2v) is 4.09. The molecular weight excluding hydrogens is 172 g/mol. The first-order chi connectivity index (χ1) is 6.90. The molecule has 0 aliphatic heterocycles. The van der Waals surface area contributed by atoms with Crippen molar-refractivity contribution in [3.05, 3.63) is 30.1 Å². The summed E-state index contributed by atoms with van der Waals surface area (Å²) in [5, 5.41) is 3.55. The van der Waals surface area contributed by atoms with Gasteiger partial charge < -0.3 is 5.32 Å². The molecule has 2 unspecified atom stereocenters. The Hall–Kier alpha value is -0.890. The predicted molar refractivity (Wildman–Crippen MR) is 57.9 cm³/mol. The Bertz CT molecular complexity index is 271. The summed E-state index contributed by atoms with van der Waals surface area (Å²) in [7, 11) is 0. The van der Waals surface area contributed by atoms with Crippen molar-refractivity contribution in [3.8, 4) is 0 Å². The predicted octanol–water partition coefficient (Wildman–Crippen LogP) is 2.36. The minimum Gasteiger partial charge on any atom is -0.308 e. The fraction of sp³-hybridized carbons (Fsp3) is 0.583. The molecule has 0 aromatic carbocycles. The molecule has 0 saturated heterocycles. The summed E-state index contributed by atoms with van der Waals surface area (Å²) in [5.74, 6) is 0.934. The lowest BCUT2D eigenvalue weighted by atomic mass is 10.2. The highest BCUT2D eigenvalue weighted by Gasteiger charge is 2.35. The van der Waals surface area contributed by atoms with E-state index < -0.39 is 0 Å². The highest BCUT2D eigenvalue weighted by molar-refractivity contribution is 5.04. The van der Waals surface area contributed by atoms with Gasteiger partial charge in [0.1, 0.15) is 0 Å². The van der Waals surface area contributed by atoms with E-state index in [1.165, 1.54) is 19.3 Å². The van der Waals surface area contributed by atoms with E-state index in [4.69, 9.17) is 0 Å². The van der Waals surface area contributed by atoms with Gasteiger partial charge in [-0.1, -0.05) is 19.4 Å². The van der Waals surface area contributed by atoms with Crippen LogP contribution in [0.4, 0.5) is 0 Å². The van der Waals surface area contributed by atoms with Gasteiger partial charge in [-0.05, 0) is 30.9 Å². The third kappa shape index (κ3) is 2.55. The smallest absolute Gasteiger partial charge is 0.0541 e. The van der Waals surface area contributed by atoms with E-state index in [0.29, 0.717) is 0 Å². The monoisotopic (exact) mass is 190 g/mol. The van der Waals surface area contributed by atoms with Crippen molar-refractivity contribution < 1.29 is 0 Å². The second kappa shape index (κ2) is 4.56. The minimum absolute atomic E-state index is 0.761. The highest BCUT2D eigenvalue weighted by Crippen LogP contribution is 2.34. The molecular formula is C12H18N2. The van der Waals surface area contributed by atoms with Crippen LogP contribution in [0.25, 0.3) is 0 Å². The van der Waals surface area contributed by atoms with E-state index in [0.717, 1.165) is 24.2 Å². The number of aromatic nitrogens is 1. The van der Waals surface area contributed by atoms with E-state index in [2.05, 4.69) is 23.3 Å². The van der Waals surface area contributed by atoms with Gasteiger partial charge in [0.25, 0.3) is 0 Å². The zero-order valence-electron chi connectivity index (χ0n) is 8.74. The van der Waals surface area contributed by atoms with Crippen LogP contribution in [0.2, 0.25) is 0 Å². The lowest BCUT2D eigenvalue weighted by Crippen LogP contribution is -2.18. The Morgan fingerprint density at radius 2 is 2.43 bits per heavy atom. The molecule has 0 radical (unpaired) electrons. The molecule has 1 heterocycles. The van der Waals surface area contributed by atoms with Crippen molar-refractivity contribution in [1.82, 2.24) is 10.3 Å². The molecule has 1 fully saturated rings. The quantitative estimate of drug-likeness (QED) is 0.771. The Morgan fingerprint density at radius 3 is 3.14 bits per heavy atom. The molecule has 1 aromatic heterocycles. The average Bonchev–Trinajstić information content (AvgIpc) is 2.96. The third-order valence-electron chi connectivity index (χ3n) is 2.85. The maximum atomic E-state index is 4.29. The van der Waals surface area contributed by atoms with Crippen LogP contribution in [0.15, 0.2) is 24.4 Å². The van der Waals surface area contributed by atoms with E-state index >= 15 is 0 Å². The first kappa shape index (κ1) is 9.66. The van der Waals surface area contributed by atoms with E-state index in [1.54, 1.807) is 0 Å². The van der Waals surface area contributed by atoms with Crippen molar-refractivity contribution >= 4 is 0 Å². The van der Waals surface area contributed by atoms with Gasteiger partial charge in [-0.2, -0.15) is 0 Å². The van der Waals surface area contributed by atoms with Crippen LogP contribution in [-0.2, 0) is 6.54 Å². The molecule has 1 aromatic rings. The lowest BCUT2D eigenvalue weighted by molar-refractivity contribution is 0.594. The van der Waals surface area contributed by atoms with Gasteiger partial charge in [-0.15, -0.1) is 0 Å². The maximum Gasteiger partial charge on any atom is 0.0541 e. The topological polar surface area (TPSA) is 24.9 Å². The van der Waals surface area contributed by atoms with Gasteiger partial charge in [0.15, 0.2) is 0 Å². The number of hydrogen-bond donors (Lipinski definition) is 1. The van der Waals surface area contributed by atoms with E-state index in [1.807, 2.05) is 18.3 Å². The molecule has 2 nitrogen and oxygen atoms in total. The Kier molecular flexibility index (Phi) is 3.14. The van der Waals surface area contributed by atoms with Crippen molar-refractivity contribution in [3.63, 3.8) is 0 Å². The Balaban J connectivity index is 1.70. The van der Waals surface area contributed by atoms with Gasteiger partial charge in [-0.3, -0.25) is 4.98 Å². The Labute approximate surface area is 85.7 Å². The molecule has 0 spiro atoms. The van der Waals surface area contributed by atoms with Gasteiger partial charge in [0.05, 0.1) is 5.69 Å². The van der Waals surface area contributed by atoms with E-state index in [-0.39, 0.29) is 0 Å². The highest BCUT2D eigenvalue weighted by atomic mass is 15.0. The molecule has 76 valence electrons. The van der Waals surface area contributed by atoms with Crippen LogP contribution in [0.3, 0.4) is 0 Å². The summed E-state index contributed by atoms with van der Waals surface area (Å²) in [6, 6.07) is 6.84. The summed E-state index contributed by atoms with van der Waals surface area (Å²) in [4.78, 5) is 4.29. The molecule has 0 amide bonds. The summed E-state index contributed by atoms with van der Waals surface area (Å²) < 4.78 is 0. The molecule has 1 N–H and O–H groups in total. The number of nitrogens with zero attached hydrogens (tertiary/aromatic N) is 1. The lowest BCUT2D eigenvalue weighted by Gasteiger charge is -2.02. The van der Waals surface area contributed by atoms with Gasteiger partial charge >= 0.3 is 0 Å². The van der Waals surface area contributed by atoms with Crippen LogP contribution in [0, 0.1) is 5.92 Å². The van der Waals surface area contributed by atoms with Gasteiger partial charge in [0, 0.05) is 18.8 Å². The molecule has 1 saturated carbocycles. The van der Waals surface area contributed by atoms with Crippen molar-refractivity contribution in [2.75, 3.05) is 0 Å². The zero-order chi connectivity index (χ0) is 9.80. The van der Waals surface area contributed by atoms with Crippen LogP contribution in [0.1, 0.15) is 31.9 Å².